The van der Waals surface area contributed by atoms with Crippen molar-refractivity contribution in [2.45, 2.75) is 18.4 Å². The number of rotatable bonds is 6. The van der Waals surface area contributed by atoms with Crippen LogP contribution in [0.2, 0.25) is 0 Å². The molecule has 2 N–H and O–H groups in total. The summed E-state index contributed by atoms with van der Waals surface area (Å²) in [7, 11) is -3.68. The maximum atomic E-state index is 12.4. The lowest BCUT2D eigenvalue weighted by atomic mass is 10.4. The van der Waals surface area contributed by atoms with Gasteiger partial charge in [0, 0.05) is 17.6 Å². The second-order valence-electron chi connectivity index (χ2n) is 4.07. The Balaban J connectivity index is 2.27. The van der Waals surface area contributed by atoms with Gasteiger partial charge in [-0.05, 0) is 56.6 Å². The minimum atomic E-state index is -3.68. The molecule has 2 heterocycles. The van der Waals surface area contributed by atoms with E-state index in [1.165, 1.54) is 17.5 Å². The summed E-state index contributed by atoms with van der Waals surface area (Å²) < 4.78 is 28.5. The van der Waals surface area contributed by atoms with Crippen molar-refractivity contribution in [3.8, 4) is 0 Å². The van der Waals surface area contributed by atoms with Crippen LogP contribution in [0.15, 0.2) is 37.6 Å². The number of anilines is 1. The SMILES string of the molecule is CCNCc1cc(S(=O)(=O)Nc2ncccc2Br)c(Br)s1. The molecule has 0 spiro atoms. The predicted molar refractivity (Wildman–Crippen MR) is 92.1 cm³/mol. The highest BCUT2D eigenvalue weighted by Gasteiger charge is 2.22. The minimum Gasteiger partial charge on any atom is -0.312 e. The van der Waals surface area contributed by atoms with Gasteiger partial charge < -0.3 is 5.32 Å². The lowest BCUT2D eigenvalue weighted by molar-refractivity contribution is 0.601. The molecule has 2 aromatic rings. The summed E-state index contributed by atoms with van der Waals surface area (Å²) in [6.07, 6.45) is 1.53. The van der Waals surface area contributed by atoms with E-state index >= 15 is 0 Å². The Bertz CT molecular complexity index is 732. The fourth-order valence-electron chi connectivity index (χ4n) is 1.56. The molecule has 2 aromatic heterocycles. The molecule has 0 saturated heterocycles. The van der Waals surface area contributed by atoms with Gasteiger partial charge in [0.05, 0.1) is 8.26 Å². The summed E-state index contributed by atoms with van der Waals surface area (Å²) in [6.45, 7) is 3.47. The number of nitrogens with zero attached hydrogens (tertiary/aromatic N) is 1. The molecule has 2 rings (SSSR count). The summed E-state index contributed by atoms with van der Waals surface area (Å²) in [5.74, 6) is 0.267. The van der Waals surface area contributed by atoms with Gasteiger partial charge in [0.2, 0.25) is 0 Å². The van der Waals surface area contributed by atoms with Crippen molar-refractivity contribution in [3.63, 3.8) is 0 Å². The van der Waals surface area contributed by atoms with Crippen molar-refractivity contribution in [2.24, 2.45) is 0 Å². The Kier molecular flexibility index (Phi) is 5.78. The average Bonchev–Trinajstić information content (AvgIpc) is 2.81. The first-order valence-electron chi connectivity index (χ1n) is 6.06. The summed E-state index contributed by atoms with van der Waals surface area (Å²) in [4.78, 5) is 5.18. The van der Waals surface area contributed by atoms with E-state index in [1.807, 2.05) is 6.92 Å². The molecule has 114 valence electrons. The van der Waals surface area contributed by atoms with Crippen molar-refractivity contribution in [1.29, 1.82) is 0 Å². The standard InChI is InChI=1S/C12H13Br2N3O2S2/c1-2-15-7-8-6-10(11(14)20-8)21(18,19)17-12-9(13)4-3-5-16-12/h3-6,15H,2,7H2,1H3,(H,16,17). The van der Waals surface area contributed by atoms with Gasteiger partial charge in [-0.15, -0.1) is 11.3 Å². The monoisotopic (exact) mass is 453 g/mol. The van der Waals surface area contributed by atoms with Crippen LogP contribution in [0.5, 0.6) is 0 Å². The van der Waals surface area contributed by atoms with Gasteiger partial charge in [0.15, 0.2) is 5.82 Å². The first-order valence-corrected chi connectivity index (χ1v) is 9.95. The molecule has 5 nitrogen and oxygen atoms in total. The van der Waals surface area contributed by atoms with Crippen LogP contribution >= 0.6 is 43.2 Å². The number of pyridine rings is 1. The zero-order chi connectivity index (χ0) is 15.5. The van der Waals surface area contributed by atoms with Gasteiger partial charge in [0.1, 0.15) is 4.90 Å². The molecule has 0 saturated carbocycles. The van der Waals surface area contributed by atoms with E-state index in [1.54, 1.807) is 18.2 Å². The van der Waals surface area contributed by atoms with E-state index in [2.05, 4.69) is 46.9 Å². The number of thiophene rings is 1. The second kappa shape index (κ2) is 7.19. The molecule has 0 aromatic carbocycles. The van der Waals surface area contributed by atoms with Crippen LogP contribution in [-0.4, -0.2) is 19.9 Å². The van der Waals surface area contributed by atoms with E-state index in [0.717, 1.165) is 11.4 Å². The zero-order valence-corrected chi connectivity index (χ0v) is 15.9. The topological polar surface area (TPSA) is 71.1 Å². The van der Waals surface area contributed by atoms with Crippen molar-refractivity contribution in [2.75, 3.05) is 11.3 Å². The van der Waals surface area contributed by atoms with Gasteiger partial charge in [-0.2, -0.15) is 0 Å². The molecular weight excluding hydrogens is 442 g/mol. The van der Waals surface area contributed by atoms with Gasteiger partial charge in [-0.3, -0.25) is 4.72 Å². The highest BCUT2D eigenvalue weighted by atomic mass is 79.9. The molecular formula is C12H13Br2N3O2S2. The first-order chi connectivity index (χ1) is 9.94. The Morgan fingerprint density at radius 1 is 1.38 bits per heavy atom. The van der Waals surface area contributed by atoms with Crippen molar-refractivity contribution in [3.05, 3.63) is 37.5 Å². The molecule has 0 fully saturated rings. The fraction of sp³-hybridized carbons (Fsp3) is 0.250. The highest BCUT2D eigenvalue weighted by Crippen LogP contribution is 2.33. The van der Waals surface area contributed by atoms with Crippen LogP contribution in [0.25, 0.3) is 0 Å². The van der Waals surface area contributed by atoms with E-state index in [4.69, 9.17) is 0 Å². The number of halogens is 2. The summed E-state index contributed by atoms with van der Waals surface area (Å²) in [5, 5.41) is 3.17. The fourth-order valence-corrected chi connectivity index (χ4v) is 5.73. The summed E-state index contributed by atoms with van der Waals surface area (Å²) in [5.41, 5.74) is 0. The molecule has 0 radical (unpaired) electrons. The highest BCUT2D eigenvalue weighted by molar-refractivity contribution is 9.11. The number of aromatic nitrogens is 1. The van der Waals surface area contributed by atoms with Crippen LogP contribution in [-0.2, 0) is 16.6 Å². The number of sulfonamides is 1. The number of nitrogens with one attached hydrogen (secondary N) is 2. The van der Waals surface area contributed by atoms with Gasteiger partial charge >= 0.3 is 0 Å². The van der Waals surface area contributed by atoms with Crippen molar-refractivity contribution >= 4 is 59.0 Å². The molecule has 0 amide bonds. The minimum absolute atomic E-state index is 0.220. The molecule has 0 bridgehead atoms. The van der Waals surface area contributed by atoms with Gasteiger partial charge in [-0.1, -0.05) is 6.92 Å². The molecule has 21 heavy (non-hydrogen) atoms. The lowest BCUT2D eigenvalue weighted by Gasteiger charge is -2.07. The number of hydrogen-bond acceptors (Lipinski definition) is 5. The van der Waals surface area contributed by atoms with Crippen LogP contribution in [0.1, 0.15) is 11.8 Å². The van der Waals surface area contributed by atoms with E-state index in [9.17, 15) is 8.42 Å². The molecule has 9 heteroatoms. The van der Waals surface area contributed by atoms with Crippen molar-refractivity contribution < 1.29 is 8.42 Å². The smallest absolute Gasteiger partial charge is 0.265 e. The molecule has 0 aliphatic heterocycles. The Labute approximate surface area is 144 Å². The van der Waals surface area contributed by atoms with Crippen molar-refractivity contribution in [1.82, 2.24) is 10.3 Å². The molecule has 0 aliphatic carbocycles. The van der Waals surface area contributed by atoms with Gasteiger partial charge in [-0.25, -0.2) is 13.4 Å². The maximum absolute atomic E-state index is 12.4. The van der Waals surface area contributed by atoms with E-state index in [-0.39, 0.29) is 10.7 Å². The quantitative estimate of drug-likeness (QED) is 0.699. The zero-order valence-electron chi connectivity index (χ0n) is 11.1. The average molecular weight is 455 g/mol. The largest absolute Gasteiger partial charge is 0.312 e. The number of hydrogen-bond donors (Lipinski definition) is 2. The molecule has 0 atom stereocenters. The lowest BCUT2D eigenvalue weighted by Crippen LogP contribution is -2.14. The molecule has 0 aliphatic rings. The summed E-state index contributed by atoms with van der Waals surface area (Å²) in [6, 6.07) is 5.11. The van der Waals surface area contributed by atoms with Crippen LogP contribution in [0.3, 0.4) is 0 Å². The normalized spacial score (nSPS) is 11.6. The third kappa shape index (κ3) is 4.26. The van der Waals surface area contributed by atoms with E-state index in [0.29, 0.717) is 14.8 Å². The van der Waals surface area contributed by atoms with Crippen LogP contribution in [0.4, 0.5) is 5.82 Å². The third-order valence-electron chi connectivity index (χ3n) is 2.53. The molecule has 0 unspecified atom stereocenters. The van der Waals surface area contributed by atoms with Crippen LogP contribution < -0.4 is 10.0 Å². The predicted octanol–water partition coefficient (Wildman–Crippen LogP) is 3.58. The summed E-state index contributed by atoms with van der Waals surface area (Å²) >= 11 is 7.99. The Hall–Kier alpha value is -0.480. The Morgan fingerprint density at radius 3 is 2.81 bits per heavy atom. The van der Waals surface area contributed by atoms with Gasteiger partial charge in [0.25, 0.3) is 10.0 Å². The third-order valence-corrected chi connectivity index (χ3v) is 6.77. The Morgan fingerprint density at radius 2 is 2.14 bits per heavy atom. The maximum Gasteiger partial charge on any atom is 0.265 e. The van der Waals surface area contributed by atoms with Crippen LogP contribution in [0, 0.1) is 0 Å². The second-order valence-corrected chi connectivity index (χ2v) is 9.03. The first kappa shape index (κ1) is 16.9. The van der Waals surface area contributed by atoms with E-state index < -0.39 is 10.0 Å².